The van der Waals surface area contributed by atoms with Gasteiger partial charge in [-0.2, -0.15) is 0 Å². The molecule has 12 nitrogen and oxygen atoms in total. The minimum Gasteiger partial charge on any atom is -0.426 e. The topological polar surface area (TPSA) is 172 Å². The smallest absolute Gasteiger partial charge is 0.337 e. The van der Waals surface area contributed by atoms with Crippen LogP contribution in [-0.2, 0) is 27.9 Å². The molecule has 0 aliphatic carbocycles. The Bertz CT molecular complexity index is 1650. The maximum Gasteiger partial charge on any atom is 0.337 e. The summed E-state index contributed by atoms with van der Waals surface area (Å²) >= 11 is 0. The summed E-state index contributed by atoms with van der Waals surface area (Å²) in [4.78, 5) is 62.6. The van der Waals surface area contributed by atoms with E-state index in [0.717, 1.165) is 9.13 Å². The average molecular weight is 567 g/mol. The van der Waals surface area contributed by atoms with Crippen molar-refractivity contribution < 1.29 is 29.0 Å². The van der Waals surface area contributed by atoms with Gasteiger partial charge in [-0.1, -0.05) is 18.2 Å². The molecule has 0 radical (unpaired) electrons. The number of hydrogen-bond donors (Lipinski definition) is 3. The van der Waals surface area contributed by atoms with Gasteiger partial charge in [-0.25, -0.2) is 9.36 Å². The molecular formula is C29H34N4O8. The zero-order valence-electron chi connectivity index (χ0n) is 24.1. The molecule has 12 heteroatoms. The van der Waals surface area contributed by atoms with E-state index in [4.69, 9.17) is 15.2 Å². The minimum absolute atomic E-state index is 0.0290. The maximum absolute atomic E-state index is 13.3. The standard InChI is InChI=1S/C29H34N4O8/c1-15-16(2)24(41-19(5)35)21(17(3)23(15)40-18(4)34)13-14-29(6,39)27(37)31-22-25(30)33(20-11-9-8-10-12-20)28(38)32(7)26(22)36/h8-12,39H,13-14,30H2,1-7H3,(H,31,37). The molecule has 0 saturated carbocycles. The molecule has 0 saturated heterocycles. The lowest BCUT2D eigenvalue weighted by atomic mass is 9.90. The predicted molar refractivity (Wildman–Crippen MR) is 153 cm³/mol. The van der Waals surface area contributed by atoms with Gasteiger partial charge in [0.25, 0.3) is 11.5 Å². The second-order valence-electron chi connectivity index (χ2n) is 10.0. The Morgan fingerprint density at radius 2 is 1.49 bits per heavy atom. The summed E-state index contributed by atoms with van der Waals surface area (Å²) in [6.45, 7) is 8.87. The summed E-state index contributed by atoms with van der Waals surface area (Å²) in [6, 6.07) is 8.33. The number of nitrogen functional groups attached to an aromatic ring is 1. The summed E-state index contributed by atoms with van der Waals surface area (Å²) < 4.78 is 12.8. The molecule has 0 aliphatic heterocycles. The highest BCUT2D eigenvalue weighted by Gasteiger charge is 2.33. The van der Waals surface area contributed by atoms with Crippen molar-refractivity contribution in [3.8, 4) is 17.2 Å². The Hall–Kier alpha value is -4.71. The quantitative estimate of drug-likeness (QED) is 0.273. The lowest BCUT2D eigenvalue weighted by Gasteiger charge is -2.25. The van der Waals surface area contributed by atoms with Crippen molar-refractivity contribution in [1.82, 2.24) is 9.13 Å². The Labute approximate surface area is 236 Å². The van der Waals surface area contributed by atoms with Gasteiger partial charge in [0, 0.05) is 26.5 Å². The number of benzene rings is 2. The molecule has 218 valence electrons. The molecular weight excluding hydrogens is 532 g/mol. The van der Waals surface area contributed by atoms with E-state index in [-0.39, 0.29) is 30.1 Å². The van der Waals surface area contributed by atoms with Gasteiger partial charge in [-0.15, -0.1) is 0 Å². The third kappa shape index (κ3) is 6.22. The van der Waals surface area contributed by atoms with E-state index < -0.39 is 34.7 Å². The predicted octanol–water partition coefficient (Wildman–Crippen LogP) is 2.22. The molecule has 0 aliphatic rings. The molecule has 1 aromatic heterocycles. The Balaban J connectivity index is 1.99. The highest BCUT2D eigenvalue weighted by Crippen LogP contribution is 2.39. The van der Waals surface area contributed by atoms with Crippen LogP contribution in [0.5, 0.6) is 11.5 Å². The van der Waals surface area contributed by atoms with Crippen molar-refractivity contribution >= 4 is 29.4 Å². The number of nitrogens with one attached hydrogen (secondary N) is 1. The summed E-state index contributed by atoms with van der Waals surface area (Å²) in [5.41, 5.74) is 4.68. The van der Waals surface area contributed by atoms with E-state index in [0.29, 0.717) is 33.7 Å². The summed E-state index contributed by atoms with van der Waals surface area (Å²) in [5.74, 6) is -1.82. The van der Waals surface area contributed by atoms with Gasteiger partial charge >= 0.3 is 17.6 Å². The van der Waals surface area contributed by atoms with Crippen LogP contribution < -0.4 is 31.8 Å². The molecule has 4 N–H and O–H groups in total. The molecule has 1 heterocycles. The molecule has 1 unspecified atom stereocenters. The van der Waals surface area contributed by atoms with Crippen LogP contribution in [-0.4, -0.2) is 37.7 Å². The molecule has 3 aromatic rings. The number of ether oxygens (including phenoxy) is 2. The molecule has 41 heavy (non-hydrogen) atoms. The van der Waals surface area contributed by atoms with E-state index in [2.05, 4.69) is 5.32 Å². The van der Waals surface area contributed by atoms with Crippen LogP contribution in [0.25, 0.3) is 5.69 Å². The number of carbonyl (C=O) groups excluding carboxylic acids is 3. The molecule has 3 rings (SSSR count). The van der Waals surface area contributed by atoms with Gasteiger partial charge in [-0.05, 0) is 69.4 Å². The van der Waals surface area contributed by atoms with Crippen molar-refractivity contribution in [1.29, 1.82) is 0 Å². The molecule has 1 atom stereocenters. The first-order chi connectivity index (χ1) is 19.1. The van der Waals surface area contributed by atoms with Crippen LogP contribution in [0, 0.1) is 20.8 Å². The van der Waals surface area contributed by atoms with Gasteiger partial charge < -0.3 is 25.6 Å². The zero-order chi connectivity index (χ0) is 30.8. The maximum atomic E-state index is 13.3. The number of aromatic nitrogens is 2. The molecule has 0 bridgehead atoms. The van der Waals surface area contributed by atoms with Gasteiger partial charge in [0.2, 0.25) is 0 Å². The first kappa shape index (κ1) is 30.8. The second kappa shape index (κ2) is 11.8. The van der Waals surface area contributed by atoms with Crippen molar-refractivity contribution in [2.24, 2.45) is 7.05 Å². The number of anilines is 2. The summed E-state index contributed by atoms with van der Waals surface area (Å²) in [6.07, 6.45) is -0.157. The van der Waals surface area contributed by atoms with E-state index in [1.165, 1.54) is 27.8 Å². The fourth-order valence-electron chi connectivity index (χ4n) is 4.44. The van der Waals surface area contributed by atoms with Crippen LogP contribution >= 0.6 is 0 Å². The zero-order valence-corrected chi connectivity index (χ0v) is 24.1. The molecule has 0 spiro atoms. The van der Waals surface area contributed by atoms with E-state index in [1.807, 2.05) is 0 Å². The van der Waals surface area contributed by atoms with Crippen LogP contribution in [0.2, 0.25) is 0 Å². The largest absolute Gasteiger partial charge is 0.426 e. The van der Waals surface area contributed by atoms with Crippen molar-refractivity contribution in [3.05, 3.63) is 73.4 Å². The fourth-order valence-corrected chi connectivity index (χ4v) is 4.44. The van der Waals surface area contributed by atoms with Gasteiger partial charge in [0.15, 0.2) is 0 Å². The molecule has 2 aromatic carbocycles. The summed E-state index contributed by atoms with van der Waals surface area (Å²) in [7, 11) is 1.25. The first-order valence-electron chi connectivity index (χ1n) is 12.8. The number of amides is 1. The first-order valence-corrected chi connectivity index (χ1v) is 12.8. The van der Waals surface area contributed by atoms with Crippen molar-refractivity contribution in [2.45, 2.75) is 60.0 Å². The Kier molecular flexibility index (Phi) is 8.87. The third-order valence-electron chi connectivity index (χ3n) is 6.90. The number of nitrogens with two attached hydrogens (primary N) is 1. The fraction of sp³-hybridized carbons (Fsp3) is 0.345. The number of para-hydroxylation sites is 1. The molecule has 1 amide bonds. The number of esters is 2. The average Bonchev–Trinajstić information content (AvgIpc) is 2.90. The van der Waals surface area contributed by atoms with E-state index >= 15 is 0 Å². The number of rotatable bonds is 8. The minimum atomic E-state index is -2.05. The lowest BCUT2D eigenvalue weighted by molar-refractivity contribution is -0.133. The normalized spacial score (nSPS) is 12.4. The number of hydrogen-bond acceptors (Lipinski definition) is 9. The second-order valence-corrected chi connectivity index (χ2v) is 10.0. The highest BCUT2D eigenvalue weighted by molar-refractivity contribution is 5.98. The highest BCUT2D eigenvalue weighted by atomic mass is 16.5. The number of carbonyl (C=O) groups is 3. The van der Waals surface area contributed by atoms with E-state index in [9.17, 15) is 29.1 Å². The number of aliphatic hydroxyl groups is 1. The SMILES string of the molecule is CC(=O)Oc1c(C)c(C)c(OC(C)=O)c(CCC(C)(O)C(=O)Nc2c(N)n(-c3ccccc3)c(=O)n(C)c2=O)c1C. The van der Waals surface area contributed by atoms with E-state index in [1.54, 1.807) is 51.1 Å². The van der Waals surface area contributed by atoms with Crippen molar-refractivity contribution in [2.75, 3.05) is 11.1 Å². The monoisotopic (exact) mass is 566 g/mol. The Morgan fingerprint density at radius 1 is 0.951 bits per heavy atom. The number of nitrogens with zero attached hydrogens (tertiary/aromatic N) is 2. The summed E-state index contributed by atoms with van der Waals surface area (Å²) in [5, 5.41) is 13.6. The molecule has 0 fully saturated rings. The van der Waals surface area contributed by atoms with Crippen LogP contribution in [0.4, 0.5) is 11.5 Å². The van der Waals surface area contributed by atoms with Crippen LogP contribution in [0.1, 0.15) is 49.4 Å². The Morgan fingerprint density at radius 3 is 2.05 bits per heavy atom. The van der Waals surface area contributed by atoms with Crippen LogP contribution in [0.3, 0.4) is 0 Å². The van der Waals surface area contributed by atoms with Gasteiger partial charge in [0.05, 0.1) is 5.69 Å². The van der Waals surface area contributed by atoms with Gasteiger partial charge in [-0.3, -0.25) is 23.7 Å². The van der Waals surface area contributed by atoms with Gasteiger partial charge in [0.1, 0.15) is 28.6 Å². The lowest BCUT2D eigenvalue weighted by Crippen LogP contribution is -2.45. The third-order valence-corrected chi connectivity index (χ3v) is 6.90. The van der Waals surface area contributed by atoms with Crippen molar-refractivity contribution in [3.63, 3.8) is 0 Å². The van der Waals surface area contributed by atoms with Crippen LogP contribution in [0.15, 0.2) is 39.9 Å².